The van der Waals surface area contributed by atoms with Crippen molar-refractivity contribution in [3.05, 3.63) is 29.3 Å². The number of nitrogens with zero attached hydrogens (tertiary/aromatic N) is 3. The van der Waals surface area contributed by atoms with E-state index < -0.39 is 10.0 Å². The first-order valence-corrected chi connectivity index (χ1v) is 11.2. The van der Waals surface area contributed by atoms with E-state index in [-0.39, 0.29) is 12.5 Å². The number of nitrogens with one attached hydrogen (secondary N) is 1. The normalized spacial score (nSPS) is 16.3. The number of carbonyl (C=O) groups is 1. The third kappa shape index (κ3) is 6.48. The van der Waals surface area contributed by atoms with Gasteiger partial charge in [0.15, 0.2) is 0 Å². The Kier molecular flexibility index (Phi) is 7.64. The van der Waals surface area contributed by atoms with Crippen molar-refractivity contribution in [2.45, 2.75) is 20.3 Å². The molecule has 1 aliphatic rings. The third-order valence-electron chi connectivity index (χ3n) is 5.10. The molecule has 1 amide bonds. The fourth-order valence-electron chi connectivity index (χ4n) is 3.18. The van der Waals surface area contributed by atoms with Gasteiger partial charge >= 0.3 is 0 Å². The fourth-order valence-corrected chi connectivity index (χ4v) is 4.08. The highest BCUT2D eigenvalue weighted by Crippen LogP contribution is 2.24. The van der Waals surface area contributed by atoms with Gasteiger partial charge in [-0.3, -0.25) is 9.10 Å². The van der Waals surface area contributed by atoms with E-state index in [0.717, 1.165) is 56.5 Å². The minimum Gasteiger partial charge on any atom is -0.354 e. The first-order valence-electron chi connectivity index (χ1n) is 9.40. The van der Waals surface area contributed by atoms with Crippen LogP contribution >= 0.6 is 0 Å². The van der Waals surface area contributed by atoms with Crippen molar-refractivity contribution in [3.8, 4) is 0 Å². The Labute approximate surface area is 163 Å². The van der Waals surface area contributed by atoms with Gasteiger partial charge in [0.2, 0.25) is 15.9 Å². The SMILES string of the molecule is Cc1cccc(N(CC(=O)NCCCN2CCN(C)CC2)S(C)(=O)=O)c1C. The topological polar surface area (TPSA) is 73.0 Å². The number of hydrogen-bond donors (Lipinski definition) is 1. The van der Waals surface area contributed by atoms with Crippen LogP contribution in [0.3, 0.4) is 0 Å². The van der Waals surface area contributed by atoms with E-state index in [1.165, 1.54) is 4.31 Å². The molecule has 1 aromatic carbocycles. The molecule has 0 spiro atoms. The highest BCUT2D eigenvalue weighted by Gasteiger charge is 2.22. The molecule has 1 saturated heterocycles. The molecule has 0 atom stereocenters. The number of hydrogen-bond acceptors (Lipinski definition) is 5. The number of amides is 1. The van der Waals surface area contributed by atoms with E-state index in [0.29, 0.717) is 12.2 Å². The van der Waals surface area contributed by atoms with Crippen LogP contribution in [0.4, 0.5) is 5.69 Å². The summed E-state index contributed by atoms with van der Waals surface area (Å²) in [7, 11) is -1.42. The molecule has 0 radical (unpaired) electrons. The van der Waals surface area contributed by atoms with Gasteiger partial charge in [-0.25, -0.2) is 8.42 Å². The second-order valence-electron chi connectivity index (χ2n) is 7.34. The Morgan fingerprint density at radius 3 is 2.48 bits per heavy atom. The lowest BCUT2D eigenvalue weighted by Crippen LogP contribution is -2.45. The first kappa shape index (κ1) is 21.7. The number of carbonyl (C=O) groups excluding carboxylic acids is 1. The molecule has 1 aromatic rings. The van der Waals surface area contributed by atoms with E-state index in [9.17, 15) is 13.2 Å². The summed E-state index contributed by atoms with van der Waals surface area (Å²) >= 11 is 0. The lowest BCUT2D eigenvalue weighted by molar-refractivity contribution is -0.119. The van der Waals surface area contributed by atoms with Gasteiger partial charge in [0.05, 0.1) is 11.9 Å². The van der Waals surface area contributed by atoms with Gasteiger partial charge in [-0.05, 0) is 51.1 Å². The van der Waals surface area contributed by atoms with Gasteiger partial charge in [-0.2, -0.15) is 0 Å². The number of sulfonamides is 1. The highest BCUT2D eigenvalue weighted by molar-refractivity contribution is 7.92. The van der Waals surface area contributed by atoms with Crippen molar-refractivity contribution in [2.75, 3.05) is 63.4 Å². The maximum absolute atomic E-state index is 12.3. The lowest BCUT2D eigenvalue weighted by atomic mass is 10.1. The Hall–Kier alpha value is -1.64. The van der Waals surface area contributed by atoms with Crippen LogP contribution in [0.1, 0.15) is 17.5 Å². The molecule has 0 bridgehead atoms. The van der Waals surface area contributed by atoms with Crippen LogP contribution in [0.5, 0.6) is 0 Å². The molecule has 7 nitrogen and oxygen atoms in total. The maximum atomic E-state index is 12.3. The van der Waals surface area contributed by atoms with Crippen LogP contribution in [-0.2, 0) is 14.8 Å². The van der Waals surface area contributed by atoms with Gasteiger partial charge in [-0.1, -0.05) is 12.1 Å². The van der Waals surface area contributed by atoms with Crippen molar-refractivity contribution in [3.63, 3.8) is 0 Å². The molecule has 0 aromatic heterocycles. The minimum atomic E-state index is -3.55. The first-order chi connectivity index (χ1) is 12.7. The summed E-state index contributed by atoms with van der Waals surface area (Å²) in [5.41, 5.74) is 2.42. The molecule has 1 fully saturated rings. The van der Waals surface area contributed by atoms with Gasteiger partial charge in [0, 0.05) is 32.7 Å². The standard InChI is InChI=1S/C19H32N4O3S/c1-16-7-5-8-18(17(16)2)23(27(4,25)26)15-19(24)20-9-6-10-22-13-11-21(3)12-14-22/h5,7-8H,6,9-15H2,1-4H3,(H,20,24). The number of benzene rings is 1. The molecular weight excluding hydrogens is 364 g/mol. The Balaban J connectivity index is 1.86. The zero-order valence-electron chi connectivity index (χ0n) is 16.9. The number of anilines is 1. The second kappa shape index (κ2) is 9.52. The van der Waals surface area contributed by atoms with E-state index in [2.05, 4.69) is 22.2 Å². The Morgan fingerprint density at radius 1 is 1.19 bits per heavy atom. The lowest BCUT2D eigenvalue weighted by Gasteiger charge is -2.32. The van der Waals surface area contributed by atoms with Crippen molar-refractivity contribution in [2.24, 2.45) is 0 Å². The Morgan fingerprint density at radius 2 is 1.85 bits per heavy atom. The van der Waals surface area contributed by atoms with Crippen LogP contribution in [0, 0.1) is 13.8 Å². The zero-order chi connectivity index (χ0) is 20.0. The summed E-state index contributed by atoms with van der Waals surface area (Å²) in [6.07, 6.45) is 1.99. The van der Waals surface area contributed by atoms with Crippen LogP contribution in [0.15, 0.2) is 18.2 Å². The summed E-state index contributed by atoms with van der Waals surface area (Å²) in [5, 5.41) is 2.86. The quantitative estimate of drug-likeness (QED) is 0.659. The summed E-state index contributed by atoms with van der Waals surface area (Å²) in [5.74, 6) is -0.278. The molecule has 1 N–H and O–H groups in total. The van der Waals surface area contributed by atoms with Gasteiger partial charge in [-0.15, -0.1) is 0 Å². The molecule has 1 heterocycles. The van der Waals surface area contributed by atoms with Gasteiger partial charge in [0.1, 0.15) is 6.54 Å². The summed E-state index contributed by atoms with van der Waals surface area (Å²) in [6, 6.07) is 5.48. The van der Waals surface area contributed by atoms with Crippen LogP contribution in [0.2, 0.25) is 0 Å². The van der Waals surface area contributed by atoms with Crippen molar-refractivity contribution >= 4 is 21.6 Å². The van der Waals surface area contributed by atoms with Crippen molar-refractivity contribution in [1.29, 1.82) is 0 Å². The predicted molar refractivity (Wildman–Crippen MR) is 110 cm³/mol. The second-order valence-corrected chi connectivity index (χ2v) is 9.24. The molecule has 2 rings (SSSR count). The molecule has 1 aliphatic heterocycles. The van der Waals surface area contributed by atoms with Gasteiger partial charge in [0.25, 0.3) is 0 Å². The molecule has 27 heavy (non-hydrogen) atoms. The summed E-state index contributed by atoms with van der Waals surface area (Å²) in [4.78, 5) is 17.0. The average Bonchev–Trinajstić information content (AvgIpc) is 2.60. The van der Waals surface area contributed by atoms with Crippen molar-refractivity contribution < 1.29 is 13.2 Å². The van der Waals surface area contributed by atoms with Crippen LogP contribution in [0.25, 0.3) is 0 Å². The summed E-state index contributed by atoms with van der Waals surface area (Å²) < 4.78 is 25.6. The number of aryl methyl sites for hydroxylation is 1. The minimum absolute atomic E-state index is 0.197. The maximum Gasteiger partial charge on any atom is 0.240 e. The average molecular weight is 397 g/mol. The number of piperazine rings is 1. The van der Waals surface area contributed by atoms with E-state index in [1.54, 1.807) is 6.07 Å². The van der Waals surface area contributed by atoms with E-state index in [1.807, 2.05) is 26.0 Å². The predicted octanol–water partition coefficient (Wildman–Crippen LogP) is 0.823. The molecule has 0 saturated carbocycles. The monoisotopic (exact) mass is 396 g/mol. The van der Waals surface area contributed by atoms with E-state index >= 15 is 0 Å². The van der Waals surface area contributed by atoms with Gasteiger partial charge < -0.3 is 15.1 Å². The molecule has 0 unspecified atom stereocenters. The highest BCUT2D eigenvalue weighted by atomic mass is 32.2. The molecule has 152 valence electrons. The molecule has 0 aliphatic carbocycles. The van der Waals surface area contributed by atoms with Crippen LogP contribution < -0.4 is 9.62 Å². The smallest absolute Gasteiger partial charge is 0.240 e. The fraction of sp³-hybridized carbons (Fsp3) is 0.632. The number of rotatable bonds is 8. The van der Waals surface area contributed by atoms with E-state index in [4.69, 9.17) is 0 Å². The third-order valence-corrected chi connectivity index (χ3v) is 6.23. The zero-order valence-corrected chi connectivity index (χ0v) is 17.7. The van der Waals surface area contributed by atoms with Crippen molar-refractivity contribution in [1.82, 2.24) is 15.1 Å². The molecular formula is C19H32N4O3S. The number of likely N-dealkylation sites (N-methyl/N-ethyl adjacent to an activating group) is 1. The molecule has 8 heteroatoms. The van der Waals surface area contributed by atoms with Crippen LogP contribution in [-0.4, -0.2) is 83.2 Å². The largest absolute Gasteiger partial charge is 0.354 e. The summed E-state index contributed by atoms with van der Waals surface area (Å²) in [6.45, 7) is 9.36. The Bertz CT molecular complexity index is 743.